The van der Waals surface area contributed by atoms with Crippen molar-refractivity contribution in [1.29, 1.82) is 0 Å². The summed E-state index contributed by atoms with van der Waals surface area (Å²) < 4.78 is 0. The number of rotatable bonds is 4. The lowest BCUT2D eigenvalue weighted by atomic mass is 10.1. The number of aromatic nitrogens is 1. The predicted molar refractivity (Wildman–Crippen MR) is 59.9 cm³/mol. The number of nitrogens with one attached hydrogen (secondary N) is 1. The fourth-order valence-electron chi connectivity index (χ4n) is 1.22. The SMILES string of the molecule is Cc1cnccc1C(=O)NCCN(C)C. The van der Waals surface area contributed by atoms with Crippen molar-refractivity contribution in [2.75, 3.05) is 27.2 Å². The minimum atomic E-state index is -0.0308. The number of nitrogens with zero attached hydrogens (tertiary/aromatic N) is 2. The van der Waals surface area contributed by atoms with Crippen molar-refractivity contribution in [3.63, 3.8) is 0 Å². The summed E-state index contributed by atoms with van der Waals surface area (Å²) in [6.45, 7) is 3.39. The molecule has 0 aliphatic rings. The maximum absolute atomic E-state index is 11.7. The lowest BCUT2D eigenvalue weighted by molar-refractivity contribution is 0.0950. The Hall–Kier alpha value is -1.42. The number of carbonyl (C=O) groups is 1. The van der Waals surface area contributed by atoms with Gasteiger partial charge in [0.25, 0.3) is 5.91 Å². The van der Waals surface area contributed by atoms with E-state index in [4.69, 9.17) is 0 Å². The third-order valence-corrected chi connectivity index (χ3v) is 2.11. The van der Waals surface area contributed by atoms with Gasteiger partial charge in [-0.1, -0.05) is 0 Å². The first-order valence-electron chi connectivity index (χ1n) is 4.95. The molecule has 1 aromatic rings. The predicted octanol–water partition coefficient (Wildman–Crippen LogP) is 0.681. The lowest BCUT2D eigenvalue weighted by Crippen LogP contribution is -2.31. The molecule has 15 heavy (non-hydrogen) atoms. The van der Waals surface area contributed by atoms with E-state index in [1.165, 1.54) is 0 Å². The van der Waals surface area contributed by atoms with E-state index >= 15 is 0 Å². The molecular formula is C11H17N3O. The van der Waals surface area contributed by atoms with Crippen LogP contribution in [0.2, 0.25) is 0 Å². The van der Waals surface area contributed by atoms with Gasteiger partial charge in [0, 0.05) is 31.0 Å². The number of hydrogen-bond donors (Lipinski definition) is 1. The quantitative estimate of drug-likeness (QED) is 0.789. The van der Waals surface area contributed by atoms with Gasteiger partial charge in [0.1, 0.15) is 0 Å². The van der Waals surface area contributed by atoms with Crippen LogP contribution in [0.5, 0.6) is 0 Å². The molecule has 0 unspecified atom stereocenters. The zero-order valence-electron chi connectivity index (χ0n) is 9.45. The fraction of sp³-hybridized carbons (Fsp3) is 0.455. The van der Waals surface area contributed by atoms with Gasteiger partial charge in [0.05, 0.1) is 0 Å². The number of carbonyl (C=O) groups excluding carboxylic acids is 1. The van der Waals surface area contributed by atoms with Crippen LogP contribution in [0.4, 0.5) is 0 Å². The minimum Gasteiger partial charge on any atom is -0.351 e. The second kappa shape index (κ2) is 5.46. The molecule has 0 atom stereocenters. The van der Waals surface area contributed by atoms with Gasteiger partial charge in [-0.05, 0) is 32.6 Å². The summed E-state index contributed by atoms with van der Waals surface area (Å²) in [5.74, 6) is -0.0308. The molecule has 4 nitrogen and oxygen atoms in total. The Morgan fingerprint density at radius 2 is 2.27 bits per heavy atom. The van der Waals surface area contributed by atoms with Crippen LogP contribution in [0.1, 0.15) is 15.9 Å². The van der Waals surface area contributed by atoms with E-state index in [2.05, 4.69) is 10.3 Å². The van der Waals surface area contributed by atoms with Gasteiger partial charge in [0.15, 0.2) is 0 Å². The van der Waals surface area contributed by atoms with Crippen molar-refractivity contribution in [3.05, 3.63) is 29.6 Å². The number of likely N-dealkylation sites (N-methyl/N-ethyl adjacent to an activating group) is 1. The van der Waals surface area contributed by atoms with E-state index < -0.39 is 0 Å². The summed E-state index contributed by atoms with van der Waals surface area (Å²) in [5.41, 5.74) is 1.60. The van der Waals surface area contributed by atoms with Crippen LogP contribution in [-0.4, -0.2) is 43.0 Å². The van der Waals surface area contributed by atoms with Crippen molar-refractivity contribution in [2.24, 2.45) is 0 Å². The molecule has 1 N–H and O–H groups in total. The highest BCUT2D eigenvalue weighted by Gasteiger charge is 2.07. The number of hydrogen-bond acceptors (Lipinski definition) is 3. The Bertz CT molecular complexity index is 336. The summed E-state index contributed by atoms with van der Waals surface area (Å²) in [6, 6.07) is 1.74. The van der Waals surface area contributed by atoms with Crippen molar-refractivity contribution >= 4 is 5.91 Å². The van der Waals surface area contributed by atoms with Crippen LogP contribution in [0.3, 0.4) is 0 Å². The minimum absolute atomic E-state index is 0.0308. The van der Waals surface area contributed by atoms with Crippen LogP contribution in [-0.2, 0) is 0 Å². The first-order valence-corrected chi connectivity index (χ1v) is 4.95. The molecule has 0 saturated heterocycles. The van der Waals surface area contributed by atoms with E-state index in [1.54, 1.807) is 18.5 Å². The molecule has 0 fully saturated rings. The van der Waals surface area contributed by atoms with Crippen molar-refractivity contribution < 1.29 is 4.79 Å². The Kier molecular flexibility index (Phi) is 4.24. The third-order valence-electron chi connectivity index (χ3n) is 2.11. The summed E-state index contributed by atoms with van der Waals surface area (Å²) in [4.78, 5) is 17.7. The number of pyridine rings is 1. The maximum Gasteiger partial charge on any atom is 0.251 e. The molecule has 0 radical (unpaired) electrons. The van der Waals surface area contributed by atoms with Gasteiger partial charge >= 0.3 is 0 Å². The topological polar surface area (TPSA) is 45.2 Å². The Morgan fingerprint density at radius 3 is 2.87 bits per heavy atom. The van der Waals surface area contributed by atoms with E-state index in [1.807, 2.05) is 25.9 Å². The van der Waals surface area contributed by atoms with Crippen LogP contribution in [0.25, 0.3) is 0 Å². The summed E-state index contributed by atoms with van der Waals surface area (Å²) in [7, 11) is 3.95. The molecule has 0 bridgehead atoms. The maximum atomic E-state index is 11.7. The normalized spacial score (nSPS) is 10.4. The second-order valence-corrected chi connectivity index (χ2v) is 3.75. The van der Waals surface area contributed by atoms with Crippen LogP contribution < -0.4 is 5.32 Å². The van der Waals surface area contributed by atoms with Gasteiger partial charge in [-0.25, -0.2) is 0 Å². The highest BCUT2D eigenvalue weighted by molar-refractivity contribution is 5.95. The fourth-order valence-corrected chi connectivity index (χ4v) is 1.22. The molecule has 82 valence electrons. The van der Waals surface area contributed by atoms with E-state index in [9.17, 15) is 4.79 Å². The van der Waals surface area contributed by atoms with Gasteiger partial charge in [-0.2, -0.15) is 0 Å². The lowest BCUT2D eigenvalue weighted by Gasteiger charge is -2.11. The number of aryl methyl sites for hydroxylation is 1. The van der Waals surface area contributed by atoms with Crippen molar-refractivity contribution in [1.82, 2.24) is 15.2 Å². The third kappa shape index (κ3) is 3.67. The molecule has 0 aliphatic carbocycles. The van der Waals surface area contributed by atoms with Gasteiger partial charge in [-0.3, -0.25) is 9.78 Å². The smallest absolute Gasteiger partial charge is 0.251 e. The van der Waals surface area contributed by atoms with E-state index in [0.29, 0.717) is 12.1 Å². The van der Waals surface area contributed by atoms with E-state index in [-0.39, 0.29) is 5.91 Å². The zero-order valence-corrected chi connectivity index (χ0v) is 9.45. The van der Waals surface area contributed by atoms with Crippen molar-refractivity contribution in [2.45, 2.75) is 6.92 Å². The Morgan fingerprint density at radius 1 is 1.53 bits per heavy atom. The monoisotopic (exact) mass is 207 g/mol. The van der Waals surface area contributed by atoms with Gasteiger partial charge < -0.3 is 10.2 Å². The standard InChI is InChI=1S/C11H17N3O/c1-9-8-12-5-4-10(9)11(15)13-6-7-14(2)3/h4-5,8H,6-7H2,1-3H3,(H,13,15). The molecule has 0 spiro atoms. The Balaban J connectivity index is 2.51. The molecule has 0 aromatic carbocycles. The molecule has 1 heterocycles. The molecule has 1 aromatic heterocycles. The van der Waals surface area contributed by atoms with Crippen molar-refractivity contribution in [3.8, 4) is 0 Å². The molecule has 0 saturated carbocycles. The Labute approximate surface area is 90.3 Å². The average Bonchev–Trinajstić information content (AvgIpc) is 2.17. The molecule has 4 heteroatoms. The molecule has 0 aliphatic heterocycles. The highest BCUT2D eigenvalue weighted by Crippen LogP contribution is 2.03. The van der Waals surface area contributed by atoms with Crippen LogP contribution in [0.15, 0.2) is 18.5 Å². The first-order chi connectivity index (χ1) is 7.11. The molecule has 1 rings (SSSR count). The number of amides is 1. The van der Waals surface area contributed by atoms with Gasteiger partial charge in [0.2, 0.25) is 0 Å². The van der Waals surface area contributed by atoms with E-state index in [0.717, 1.165) is 12.1 Å². The highest BCUT2D eigenvalue weighted by atomic mass is 16.1. The summed E-state index contributed by atoms with van der Waals surface area (Å²) in [5, 5.41) is 2.86. The van der Waals surface area contributed by atoms with Gasteiger partial charge in [-0.15, -0.1) is 0 Å². The van der Waals surface area contributed by atoms with Crippen LogP contribution >= 0.6 is 0 Å². The summed E-state index contributed by atoms with van der Waals surface area (Å²) >= 11 is 0. The molecule has 1 amide bonds. The largest absolute Gasteiger partial charge is 0.351 e. The molecular weight excluding hydrogens is 190 g/mol. The average molecular weight is 207 g/mol. The summed E-state index contributed by atoms with van der Waals surface area (Å²) in [6.07, 6.45) is 3.33. The zero-order chi connectivity index (χ0) is 11.3. The van der Waals surface area contributed by atoms with Crippen LogP contribution in [0, 0.1) is 6.92 Å². The second-order valence-electron chi connectivity index (χ2n) is 3.75. The first kappa shape index (κ1) is 11.7.